The van der Waals surface area contributed by atoms with Gasteiger partial charge in [0.1, 0.15) is 6.61 Å². The van der Waals surface area contributed by atoms with E-state index in [-0.39, 0.29) is 34.7 Å². The van der Waals surface area contributed by atoms with E-state index >= 15 is 0 Å². The number of nitro benzene ring substituents is 1. The molecule has 9 heteroatoms. The lowest BCUT2D eigenvalue weighted by Gasteiger charge is -2.49. The number of hydrogen-bond acceptors (Lipinski definition) is 7. The summed E-state index contributed by atoms with van der Waals surface area (Å²) in [7, 11) is 1.56. The SMILES string of the molecule is COc1cc(C2C3=C(CC(C)(C)CC3=O)N(CCc3ccccc3)C3=C2C(=O)CC(C)(C)C3)cc(Br)c1OCc1ccc([N+](=O)[O-])cc1. The third-order valence-electron chi connectivity index (χ3n) is 9.60. The number of methoxy groups -OCH3 is 1. The molecule has 1 heterocycles. The largest absolute Gasteiger partial charge is 0.493 e. The number of carbonyl (C=O) groups is 2. The number of Topliss-reactive ketones (excluding diaryl/α,β-unsaturated/α-hetero) is 2. The van der Waals surface area contributed by atoms with E-state index in [0.29, 0.717) is 46.5 Å². The van der Waals surface area contributed by atoms with Crippen LogP contribution in [0.2, 0.25) is 0 Å². The number of benzene rings is 3. The van der Waals surface area contributed by atoms with Crippen LogP contribution in [0.1, 0.15) is 76.0 Å². The molecule has 3 aromatic rings. The van der Waals surface area contributed by atoms with Crippen LogP contribution in [0.4, 0.5) is 5.69 Å². The fraction of sp³-hybridized carbons (Fsp3) is 0.385. The van der Waals surface area contributed by atoms with Crippen molar-refractivity contribution >= 4 is 33.2 Å². The fourth-order valence-electron chi connectivity index (χ4n) is 7.45. The quantitative estimate of drug-likeness (QED) is 0.161. The lowest BCUT2D eigenvalue weighted by atomic mass is 9.63. The Hall–Kier alpha value is -4.24. The Kier molecular flexibility index (Phi) is 9.11. The van der Waals surface area contributed by atoms with Gasteiger partial charge in [-0.25, -0.2) is 0 Å². The van der Waals surface area contributed by atoms with Gasteiger partial charge in [-0.2, -0.15) is 0 Å². The van der Waals surface area contributed by atoms with Gasteiger partial charge in [0.25, 0.3) is 5.69 Å². The normalized spacial score (nSPS) is 18.8. The summed E-state index contributed by atoms with van der Waals surface area (Å²) in [6.07, 6.45) is 3.08. The molecule has 0 amide bonds. The van der Waals surface area contributed by atoms with Crippen molar-refractivity contribution in [3.05, 3.63) is 121 Å². The molecule has 250 valence electrons. The maximum absolute atomic E-state index is 14.3. The molecule has 8 nitrogen and oxygen atoms in total. The molecule has 6 rings (SSSR count). The maximum atomic E-state index is 14.3. The van der Waals surface area contributed by atoms with Crippen molar-refractivity contribution in [3.8, 4) is 11.5 Å². The van der Waals surface area contributed by atoms with Crippen LogP contribution in [-0.4, -0.2) is 35.0 Å². The van der Waals surface area contributed by atoms with E-state index in [4.69, 9.17) is 9.47 Å². The monoisotopic (exact) mass is 712 g/mol. The summed E-state index contributed by atoms with van der Waals surface area (Å²) in [6, 6.07) is 20.4. The molecule has 0 radical (unpaired) electrons. The Labute approximate surface area is 290 Å². The Morgan fingerprint density at radius 2 is 1.44 bits per heavy atom. The highest BCUT2D eigenvalue weighted by molar-refractivity contribution is 9.10. The maximum Gasteiger partial charge on any atom is 0.269 e. The Balaban J connectivity index is 1.44. The van der Waals surface area contributed by atoms with Crippen molar-refractivity contribution in [2.75, 3.05) is 13.7 Å². The average molecular weight is 714 g/mol. The van der Waals surface area contributed by atoms with Gasteiger partial charge in [0, 0.05) is 60.0 Å². The molecule has 0 spiro atoms. The van der Waals surface area contributed by atoms with Gasteiger partial charge in [0.2, 0.25) is 0 Å². The van der Waals surface area contributed by atoms with Crippen LogP contribution >= 0.6 is 15.9 Å². The van der Waals surface area contributed by atoms with Gasteiger partial charge in [0.15, 0.2) is 23.1 Å². The smallest absolute Gasteiger partial charge is 0.269 e. The van der Waals surface area contributed by atoms with E-state index < -0.39 is 10.8 Å². The van der Waals surface area contributed by atoms with E-state index in [1.165, 1.54) is 17.7 Å². The van der Waals surface area contributed by atoms with Crippen LogP contribution in [0, 0.1) is 20.9 Å². The number of non-ortho nitro benzene ring substituents is 1. The first-order valence-corrected chi connectivity index (χ1v) is 17.1. The van der Waals surface area contributed by atoms with Gasteiger partial charge in [-0.3, -0.25) is 19.7 Å². The van der Waals surface area contributed by atoms with Crippen LogP contribution in [-0.2, 0) is 22.6 Å². The minimum Gasteiger partial charge on any atom is -0.493 e. The first kappa shape index (κ1) is 33.7. The Morgan fingerprint density at radius 1 is 0.854 bits per heavy atom. The van der Waals surface area contributed by atoms with E-state index in [1.54, 1.807) is 19.2 Å². The molecule has 0 unspecified atom stereocenters. The van der Waals surface area contributed by atoms with Crippen molar-refractivity contribution in [2.24, 2.45) is 10.8 Å². The lowest BCUT2D eigenvalue weighted by molar-refractivity contribution is -0.384. The highest BCUT2D eigenvalue weighted by Crippen LogP contribution is 2.55. The summed E-state index contributed by atoms with van der Waals surface area (Å²) in [4.78, 5) is 41.5. The zero-order valence-electron chi connectivity index (χ0n) is 28.1. The molecule has 0 fully saturated rings. The second kappa shape index (κ2) is 13.0. The molecule has 3 aliphatic rings. The number of halogens is 1. The summed E-state index contributed by atoms with van der Waals surface area (Å²) in [5.74, 6) is 0.561. The number of nitrogens with zero attached hydrogens (tertiary/aromatic N) is 2. The molecule has 3 aromatic carbocycles. The summed E-state index contributed by atoms with van der Waals surface area (Å²) in [6.45, 7) is 9.44. The Bertz CT molecular complexity index is 1790. The summed E-state index contributed by atoms with van der Waals surface area (Å²) >= 11 is 3.71. The van der Waals surface area contributed by atoms with E-state index in [0.717, 1.165) is 41.8 Å². The van der Waals surface area contributed by atoms with Crippen molar-refractivity contribution < 1.29 is 24.0 Å². The highest BCUT2D eigenvalue weighted by atomic mass is 79.9. The summed E-state index contributed by atoms with van der Waals surface area (Å²) in [5.41, 5.74) is 5.82. The first-order valence-electron chi connectivity index (χ1n) is 16.3. The number of carbonyl (C=O) groups excluding carboxylic acids is 2. The van der Waals surface area contributed by atoms with Gasteiger partial charge < -0.3 is 14.4 Å². The van der Waals surface area contributed by atoms with Gasteiger partial charge in [-0.05, 0) is 87.0 Å². The number of allylic oxidation sites excluding steroid dienone is 4. The molecular formula is C39H41BrN2O6. The third kappa shape index (κ3) is 6.70. The first-order chi connectivity index (χ1) is 22.8. The molecule has 0 aromatic heterocycles. The van der Waals surface area contributed by atoms with E-state index in [9.17, 15) is 19.7 Å². The van der Waals surface area contributed by atoms with Crippen LogP contribution in [0.15, 0.2) is 93.7 Å². The van der Waals surface area contributed by atoms with Crippen LogP contribution in [0.25, 0.3) is 0 Å². The standard InChI is InChI=1S/C39H41BrN2O6/c1-38(2)19-29-35(31(43)21-38)34(36-30(20-39(3,4)22-32(36)44)41(29)16-15-24-9-7-6-8-10-24)26-17-28(40)37(33(18-26)47-5)48-23-25-11-13-27(14-12-25)42(45)46/h6-14,17-18,34H,15-16,19-23H2,1-5H3. The second-order valence-corrected chi connectivity index (χ2v) is 15.5. The molecular weight excluding hydrogens is 672 g/mol. The predicted octanol–water partition coefficient (Wildman–Crippen LogP) is 8.87. The van der Waals surface area contributed by atoms with Crippen LogP contribution in [0.5, 0.6) is 11.5 Å². The van der Waals surface area contributed by atoms with Gasteiger partial charge >= 0.3 is 0 Å². The van der Waals surface area contributed by atoms with E-state index in [2.05, 4.69) is 60.7 Å². The van der Waals surface area contributed by atoms with Gasteiger partial charge in [0.05, 0.1) is 16.5 Å². The zero-order valence-corrected chi connectivity index (χ0v) is 29.7. The van der Waals surface area contributed by atoms with Gasteiger partial charge in [-0.15, -0.1) is 0 Å². The number of ketones is 2. The number of ether oxygens (including phenoxy) is 2. The highest BCUT2D eigenvalue weighted by Gasteiger charge is 2.49. The molecule has 1 aliphatic heterocycles. The zero-order chi connectivity index (χ0) is 34.4. The lowest BCUT2D eigenvalue weighted by Crippen LogP contribution is -2.45. The molecule has 0 saturated carbocycles. The number of nitro groups is 1. The van der Waals surface area contributed by atoms with Crippen molar-refractivity contribution in [1.82, 2.24) is 4.90 Å². The molecule has 0 atom stereocenters. The van der Waals surface area contributed by atoms with Crippen LogP contribution < -0.4 is 9.47 Å². The molecule has 2 aliphatic carbocycles. The number of rotatable bonds is 9. The predicted molar refractivity (Wildman–Crippen MR) is 188 cm³/mol. The third-order valence-corrected chi connectivity index (χ3v) is 10.2. The van der Waals surface area contributed by atoms with Crippen molar-refractivity contribution in [3.63, 3.8) is 0 Å². The molecule has 0 saturated heterocycles. The second-order valence-electron chi connectivity index (χ2n) is 14.7. The minimum absolute atomic E-state index is 0.0108. The Morgan fingerprint density at radius 3 is 1.98 bits per heavy atom. The van der Waals surface area contributed by atoms with Crippen LogP contribution in [0.3, 0.4) is 0 Å². The minimum atomic E-state index is -0.524. The summed E-state index contributed by atoms with van der Waals surface area (Å²) < 4.78 is 12.6. The molecule has 0 N–H and O–H groups in total. The van der Waals surface area contributed by atoms with Crippen molar-refractivity contribution in [2.45, 2.75) is 72.3 Å². The van der Waals surface area contributed by atoms with Gasteiger partial charge in [-0.1, -0.05) is 58.0 Å². The van der Waals surface area contributed by atoms with Crippen molar-refractivity contribution in [1.29, 1.82) is 0 Å². The number of hydrogen-bond donors (Lipinski definition) is 0. The fourth-order valence-corrected chi connectivity index (χ4v) is 8.03. The topological polar surface area (TPSA) is 99.0 Å². The summed E-state index contributed by atoms with van der Waals surface area (Å²) in [5, 5.41) is 11.1. The van der Waals surface area contributed by atoms with E-state index in [1.807, 2.05) is 30.3 Å². The molecule has 48 heavy (non-hydrogen) atoms. The average Bonchev–Trinajstić information content (AvgIpc) is 3.02. The molecule has 0 bridgehead atoms.